The number of anilines is 1. The molecule has 2 aromatic rings. The van der Waals surface area contributed by atoms with E-state index in [0.29, 0.717) is 19.6 Å². The van der Waals surface area contributed by atoms with Gasteiger partial charge in [0.25, 0.3) is 0 Å². The molecule has 1 unspecified atom stereocenters. The van der Waals surface area contributed by atoms with Crippen LogP contribution in [0.4, 0.5) is 10.5 Å². The monoisotopic (exact) mass is 328 g/mol. The molecule has 0 aliphatic rings. The highest BCUT2D eigenvalue weighted by atomic mass is 16.5. The Morgan fingerprint density at radius 2 is 1.83 bits per heavy atom. The number of hydrogen-bond donors (Lipinski definition) is 2. The predicted octanol–water partition coefficient (Wildman–Crippen LogP) is 3.50. The number of benzene rings is 2. The summed E-state index contributed by atoms with van der Waals surface area (Å²) >= 11 is 0. The fourth-order valence-corrected chi connectivity index (χ4v) is 2.14. The first-order valence-electron chi connectivity index (χ1n) is 8.02. The standard InChI is InChI=1S/C19H24N2O3/c1-15(22)12-13-21(2)19(23)20-18-11-7-6-8-16(18)14-24-17-9-4-3-5-10-17/h3-11,15,22H,12-14H2,1-2H3,(H,20,23). The predicted molar refractivity (Wildman–Crippen MR) is 95.2 cm³/mol. The minimum absolute atomic E-state index is 0.206. The summed E-state index contributed by atoms with van der Waals surface area (Å²) in [6.45, 7) is 2.58. The van der Waals surface area contributed by atoms with Crippen molar-refractivity contribution in [1.29, 1.82) is 0 Å². The van der Waals surface area contributed by atoms with E-state index in [1.807, 2.05) is 54.6 Å². The van der Waals surface area contributed by atoms with Crippen LogP contribution >= 0.6 is 0 Å². The molecule has 5 heteroatoms. The van der Waals surface area contributed by atoms with Crippen LogP contribution in [0.25, 0.3) is 0 Å². The summed E-state index contributed by atoms with van der Waals surface area (Å²) in [4.78, 5) is 13.8. The van der Waals surface area contributed by atoms with Crippen LogP contribution in [-0.4, -0.2) is 35.7 Å². The topological polar surface area (TPSA) is 61.8 Å². The lowest BCUT2D eigenvalue weighted by Crippen LogP contribution is -2.33. The molecule has 0 bridgehead atoms. The summed E-state index contributed by atoms with van der Waals surface area (Å²) in [6.07, 6.45) is 0.120. The first-order chi connectivity index (χ1) is 11.6. The number of para-hydroxylation sites is 2. The molecule has 128 valence electrons. The SMILES string of the molecule is CC(O)CCN(C)C(=O)Nc1ccccc1COc1ccccc1. The second-order valence-electron chi connectivity index (χ2n) is 5.75. The molecular weight excluding hydrogens is 304 g/mol. The van der Waals surface area contributed by atoms with Gasteiger partial charge >= 0.3 is 6.03 Å². The van der Waals surface area contributed by atoms with Gasteiger partial charge in [0, 0.05) is 24.8 Å². The Balaban J connectivity index is 1.96. The number of hydrogen-bond acceptors (Lipinski definition) is 3. The van der Waals surface area contributed by atoms with Crippen molar-refractivity contribution < 1.29 is 14.6 Å². The third-order valence-corrected chi connectivity index (χ3v) is 3.63. The minimum atomic E-state index is -0.424. The molecule has 0 fully saturated rings. The first-order valence-corrected chi connectivity index (χ1v) is 8.02. The van der Waals surface area contributed by atoms with Gasteiger partial charge < -0.3 is 20.1 Å². The highest BCUT2D eigenvalue weighted by Gasteiger charge is 2.12. The maximum absolute atomic E-state index is 12.2. The second kappa shape index (κ2) is 8.93. The van der Waals surface area contributed by atoms with Crippen molar-refractivity contribution in [1.82, 2.24) is 4.90 Å². The van der Waals surface area contributed by atoms with Crippen LogP contribution in [0.5, 0.6) is 5.75 Å². The van der Waals surface area contributed by atoms with Crippen LogP contribution in [0.3, 0.4) is 0 Å². The zero-order valence-corrected chi connectivity index (χ0v) is 14.1. The maximum atomic E-state index is 12.2. The van der Waals surface area contributed by atoms with E-state index in [4.69, 9.17) is 4.74 Å². The lowest BCUT2D eigenvalue weighted by atomic mass is 10.2. The molecule has 24 heavy (non-hydrogen) atoms. The van der Waals surface area contributed by atoms with E-state index >= 15 is 0 Å². The van der Waals surface area contributed by atoms with E-state index in [2.05, 4.69) is 5.32 Å². The van der Waals surface area contributed by atoms with Gasteiger partial charge in [0.05, 0.1) is 6.10 Å². The van der Waals surface area contributed by atoms with E-state index in [-0.39, 0.29) is 6.03 Å². The summed E-state index contributed by atoms with van der Waals surface area (Å²) in [5.41, 5.74) is 1.63. The Morgan fingerprint density at radius 3 is 2.54 bits per heavy atom. The van der Waals surface area contributed by atoms with Crippen molar-refractivity contribution >= 4 is 11.7 Å². The molecule has 2 amide bonds. The van der Waals surface area contributed by atoms with Gasteiger partial charge in [-0.05, 0) is 31.5 Å². The van der Waals surface area contributed by atoms with Crippen LogP contribution < -0.4 is 10.1 Å². The van der Waals surface area contributed by atoms with Gasteiger partial charge in [0.15, 0.2) is 0 Å². The highest BCUT2D eigenvalue weighted by molar-refractivity contribution is 5.89. The van der Waals surface area contributed by atoms with Crippen LogP contribution in [0.2, 0.25) is 0 Å². The Bertz CT molecular complexity index is 644. The lowest BCUT2D eigenvalue weighted by molar-refractivity contribution is 0.167. The summed E-state index contributed by atoms with van der Waals surface area (Å²) in [6, 6.07) is 16.9. The zero-order chi connectivity index (χ0) is 17.4. The molecule has 0 heterocycles. The molecule has 2 N–H and O–H groups in total. The van der Waals surface area contributed by atoms with Crippen molar-refractivity contribution in [2.24, 2.45) is 0 Å². The fourth-order valence-electron chi connectivity index (χ4n) is 2.14. The summed E-state index contributed by atoms with van der Waals surface area (Å²) < 4.78 is 5.76. The largest absolute Gasteiger partial charge is 0.489 e. The smallest absolute Gasteiger partial charge is 0.321 e. The molecule has 0 aliphatic carbocycles. The third kappa shape index (κ3) is 5.59. The molecule has 0 radical (unpaired) electrons. The van der Waals surface area contributed by atoms with Gasteiger partial charge in [-0.15, -0.1) is 0 Å². The molecule has 0 aromatic heterocycles. The molecule has 1 atom stereocenters. The number of ether oxygens (including phenoxy) is 1. The molecule has 5 nitrogen and oxygen atoms in total. The summed E-state index contributed by atoms with van der Waals surface area (Å²) in [5.74, 6) is 0.785. The average molecular weight is 328 g/mol. The lowest BCUT2D eigenvalue weighted by Gasteiger charge is -2.20. The molecule has 0 aliphatic heterocycles. The van der Waals surface area contributed by atoms with Gasteiger partial charge in [-0.2, -0.15) is 0 Å². The Labute approximate surface area is 142 Å². The van der Waals surface area contributed by atoms with Crippen molar-refractivity contribution in [3.05, 3.63) is 60.2 Å². The molecule has 0 spiro atoms. The number of urea groups is 1. The Kier molecular flexibility index (Phi) is 6.63. The number of nitrogens with zero attached hydrogens (tertiary/aromatic N) is 1. The maximum Gasteiger partial charge on any atom is 0.321 e. The van der Waals surface area contributed by atoms with Gasteiger partial charge in [-0.3, -0.25) is 0 Å². The van der Waals surface area contributed by atoms with Gasteiger partial charge in [0.2, 0.25) is 0 Å². The number of aliphatic hydroxyl groups excluding tert-OH is 1. The zero-order valence-electron chi connectivity index (χ0n) is 14.1. The van der Waals surface area contributed by atoms with Gasteiger partial charge in [-0.25, -0.2) is 4.79 Å². The van der Waals surface area contributed by atoms with Crippen molar-refractivity contribution in [2.75, 3.05) is 18.9 Å². The Hall–Kier alpha value is -2.53. The van der Waals surface area contributed by atoms with E-state index in [0.717, 1.165) is 17.0 Å². The van der Waals surface area contributed by atoms with Crippen molar-refractivity contribution in [2.45, 2.75) is 26.1 Å². The Morgan fingerprint density at radius 1 is 1.17 bits per heavy atom. The molecule has 0 saturated carbocycles. The fraction of sp³-hybridized carbons (Fsp3) is 0.316. The van der Waals surface area contributed by atoms with Gasteiger partial charge in [-0.1, -0.05) is 36.4 Å². The number of amides is 2. The molecule has 0 saturated heterocycles. The first kappa shape index (κ1) is 17.8. The number of nitrogens with one attached hydrogen (secondary N) is 1. The van der Waals surface area contributed by atoms with E-state index in [9.17, 15) is 9.90 Å². The number of carbonyl (C=O) groups excluding carboxylic acids is 1. The van der Waals surface area contributed by atoms with Crippen molar-refractivity contribution in [3.63, 3.8) is 0 Å². The van der Waals surface area contributed by atoms with E-state index < -0.39 is 6.10 Å². The molecule has 2 aromatic carbocycles. The number of rotatable bonds is 7. The second-order valence-corrected chi connectivity index (χ2v) is 5.75. The quantitative estimate of drug-likeness (QED) is 0.818. The minimum Gasteiger partial charge on any atom is -0.489 e. The van der Waals surface area contributed by atoms with E-state index in [1.165, 1.54) is 0 Å². The van der Waals surface area contributed by atoms with Crippen LogP contribution in [-0.2, 0) is 6.61 Å². The summed E-state index contributed by atoms with van der Waals surface area (Å²) in [5, 5.41) is 12.2. The van der Waals surface area contributed by atoms with Crippen LogP contribution in [0.15, 0.2) is 54.6 Å². The number of aliphatic hydroxyl groups is 1. The van der Waals surface area contributed by atoms with Crippen LogP contribution in [0, 0.1) is 0 Å². The highest BCUT2D eigenvalue weighted by Crippen LogP contribution is 2.19. The van der Waals surface area contributed by atoms with E-state index in [1.54, 1.807) is 18.9 Å². The van der Waals surface area contributed by atoms with Crippen LogP contribution in [0.1, 0.15) is 18.9 Å². The molecule has 2 rings (SSSR count). The van der Waals surface area contributed by atoms with Gasteiger partial charge in [0.1, 0.15) is 12.4 Å². The normalized spacial score (nSPS) is 11.6. The molecular formula is C19H24N2O3. The third-order valence-electron chi connectivity index (χ3n) is 3.63. The number of carbonyl (C=O) groups is 1. The average Bonchev–Trinajstić information content (AvgIpc) is 2.59. The van der Waals surface area contributed by atoms with Crippen molar-refractivity contribution in [3.8, 4) is 5.75 Å². The summed E-state index contributed by atoms with van der Waals surface area (Å²) in [7, 11) is 1.71.